The molecule has 2 rings (SSSR count). The van der Waals surface area contributed by atoms with E-state index >= 15 is 0 Å². The van der Waals surface area contributed by atoms with Gasteiger partial charge >= 0.3 is 0 Å². The Balaban J connectivity index is 0.000000461. The van der Waals surface area contributed by atoms with Gasteiger partial charge in [-0.15, -0.1) is 0 Å². The molecule has 1 atom stereocenters. The van der Waals surface area contributed by atoms with Gasteiger partial charge in [-0.2, -0.15) is 0 Å². The Morgan fingerprint density at radius 1 is 1.36 bits per heavy atom. The van der Waals surface area contributed by atoms with Gasteiger partial charge in [0.2, 0.25) is 0 Å². The molecule has 78 valence electrons. The highest BCUT2D eigenvalue weighted by Crippen LogP contribution is 2.28. The molecule has 0 bridgehead atoms. The van der Waals surface area contributed by atoms with Gasteiger partial charge in [0.05, 0.1) is 11.7 Å². The van der Waals surface area contributed by atoms with E-state index in [1.165, 1.54) is 25.1 Å². The summed E-state index contributed by atoms with van der Waals surface area (Å²) in [6.07, 6.45) is 4.44. The Labute approximate surface area is 87.0 Å². The molecule has 2 heterocycles. The largest absolute Gasteiger partial charge is 0.298 e. The number of hydrogen-bond donors (Lipinski definition) is 0. The minimum Gasteiger partial charge on any atom is -0.298 e. The van der Waals surface area contributed by atoms with Gasteiger partial charge in [0, 0.05) is 6.20 Å². The standard InChI is InChI=1S/C10H14N2.C2H6/c1-12-8-4-6-10(12)9-5-2-3-7-11-9;1-2/h2-3,5,7,10H,4,6,8H2,1H3;1-2H3. The van der Waals surface area contributed by atoms with Crippen molar-refractivity contribution in [2.75, 3.05) is 13.6 Å². The van der Waals surface area contributed by atoms with E-state index in [-0.39, 0.29) is 0 Å². The van der Waals surface area contributed by atoms with Crippen molar-refractivity contribution >= 4 is 0 Å². The van der Waals surface area contributed by atoms with E-state index in [0.717, 1.165) is 0 Å². The molecule has 0 spiro atoms. The van der Waals surface area contributed by atoms with E-state index in [4.69, 9.17) is 0 Å². The average Bonchev–Trinajstić information content (AvgIpc) is 2.69. The van der Waals surface area contributed by atoms with E-state index in [0.29, 0.717) is 6.04 Å². The van der Waals surface area contributed by atoms with Crippen LogP contribution in [0.15, 0.2) is 24.4 Å². The third kappa shape index (κ3) is 2.55. The molecule has 1 aliphatic heterocycles. The van der Waals surface area contributed by atoms with Gasteiger partial charge in [0.1, 0.15) is 0 Å². The maximum atomic E-state index is 4.37. The van der Waals surface area contributed by atoms with Crippen molar-refractivity contribution in [1.29, 1.82) is 0 Å². The maximum absolute atomic E-state index is 4.37. The fraction of sp³-hybridized carbons (Fsp3) is 0.583. The topological polar surface area (TPSA) is 16.1 Å². The van der Waals surface area contributed by atoms with Crippen molar-refractivity contribution in [1.82, 2.24) is 9.88 Å². The zero-order valence-electron chi connectivity index (χ0n) is 9.40. The minimum absolute atomic E-state index is 0.561. The Morgan fingerprint density at radius 3 is 2.64 bits per heavy atom. The van der Waals surface area contributed by atoms with Crippen molar-refractivity contribution in [3.05, 3.63) is 30.1 Å². The molecular weight excluding hydrogens is 172 g/mol. The molecule has 1 aromatic heterocycles. The molecule has 1 aliphatic rings. The second-order valence-corrected chi connectivity index (χ2v) is 3.39. The van der Waals surface area contributed by atoms with Crippen molar-refractivity contribution in [2.45, 2.75) is 32.7 Å². The molecule has 1 saturated heterocycles. The van der Waals surface area contributed by atoms with E-state index in [2.05, 4.69) is 29.1 Å². The molecular formula is C12H20N2. The molecule has 1 aromatic rings. The molecule has 0 aliphatic carbocycles. The summed E-state index contributed by atoms with van der Waals surface area (Å²) in [5.74, 6) is 0. The maximum Gasteiger partial charge on any atom is 0.0575 e. The highest BCUT2D eigenvalue weighted by Gasteiger charge is 2.22. The molecule has 2 heteroatoms. The summed E-state index contributed by atoms with van der Waals surface area (Å²) in [5.41, 5.74) is 1.22. The Bertz CT molecular complexity index is 246. The summed E-state index contributed by atoms with van der Waals surface area (Å²) in [5, 5.41) is 0. The zero-order chi connectivity index (χ0) is 10.4. The number of pyridine rings is 1. The van der Waals surface area contributed by atoms with Crippen molar-refractivity contribution < 1.29 is 0 Å². The SMILES string of the molecule is CC.CN1CCCC1c1ccccn1. The van der Waals surface area contributed by atoms with Crippen LogP contribution in [0.1, 0.15) is 38.4 Å². The van der Waals surface area contributed by atoms with Crippen LogP contribution >= 0.6 is 0 Å². The molecule has 2 nitrogen and oxygen atoms in total. The Kier molecular flexibility index (Phi) is 4.60. The van der Waals surface area contributed by atoms with Gasteiger partial charge in [0.25, 0.3) is 0 Å². The number of rotatable bonds is 1. The molecule has 0 N–H and O–H groups in total. The first-order valence-electron chi connectivity index (χ1n) is 5.49. The lowest BCUT2D eigenvalue weighted by Crippen LogP contribution is -2.18. The van der Waals surface area contributed by atoms with Crippen LogP contribution in [-0.2, 0) is 0 Å². The van der Waals surface area contributed by atoms with Gasteiger partial charge in [-0.05, 0) is 38.6 Å². The second kappa shape index (κ2) is 5.76. The van der Waals surface area contributed by atoms with Crippen LogP contribution in [0.5, 0.6) is 0 Å². The van der Waals surface area contributed by atoms with Gasteiger partial charge < -0.3 is 0 Å². The van der Waals surface area contributed by atoms with Gasteiger partial charge in [-0.1, -0.05) is 19.9 Å². The van der Waals surface area contributed by atoms with Crippen molar-refractivity contribution in [2.24, 2.45) is 0 Å². The lowest BCUT2D eigenvalue weighted by atomic mass is 10.1. The predicted octanol–water partition coefficient (Wildman–Crippen LogP) is 2.87. The highest BCUT2D eigenvalue weighted by atomic mass is 15.2. The lowest BCUT2D eigenvalue weighted by Gasteiger charge is -2.18. The third-order valence-corrected chi connectivity index (χ3v) is 2.55. The number of aromatic nitrogens is 1. The number of nitrogens with zero attached hydrogens (tertiary/aromatic N) is 2. The quantitative estimate of drug-likeness (QED) is 0.680. The first-order valence-corrected chi connectivity index (χ1v) is 5.49. The highest BCUT2D eigenvalue weighted by molar-refractivity contribution is 5.09. The van der Waals surface area contributed by atoms with E-state index < -0.39 is 0 Å². The summed E-state index contributed by atoms with van der Waals surface area (Å²) >= 11 is 0. The fourth-order valence-corrected chi connectivity index (χ4v) is 1.86. The van der Waals surface area contributed by atoms with E-state index in [1.807, 2.05) is 26.1 Å². The van der Waals surface area contributed by atoms with Gasteiger partial charge in [0.15, 0.2) is 0 Å². The molecule has 14 heavy (non-hydrogen) atoms. The number of hydrogen-bond acceptors (Lipinski definition) is 2. The first-order chi connectivity index (χ1) is 6.88. The van der Waals surface area contributed by atoms with Crippen LogP contribution in [0, 0.1) is 0 Å². The molecule has 0 aromatic carbocycles. The Hall–Kier alpha value is -0.890. The summed E-state index contributed by atoms with van der Waals surface area (Å²) in [7, 11) is 2.17. The van der Waals surface area contributed by atoms with Crippen LogP contribution in [0.2, 0.25) is 0 Å². The average molecular weight is 192 g/mol. The molecule has 0 radical (unpaired) electrons. The summed E-state index contributed by atoms with van der Waals surface area (Å²) in [6, 6.07) is 6.71. The molecule has 0 saturated carbocycles. The monoisotopic (exact) mass is 192 g/mol. The first kappa shape index (κ1) is 11.2. The second-order valence-electron chi connectivity index (χ2n) is 3.39. The normalized spacial score (nSPS) is 21.5. The summed E-state index contributed by atoms with van der Waals surface area (Å²) < 4.78 is 0. The molecule has 1 unspecified atom stereocenters. The smallest absolute Gasteiger partial charge is 0.0575 e. The zero-order valence-corrected chi connectivity index (χ0v) is 9.40. The van der Waals surface area contributed by atoms with Crippen LogP contribution in [0.25, 0.3) is 0 Å². The van der Waals surface area contributed by atoms with Gasteiger partial charge in [-0.25, -0.2) is 0 Å². The summed E-state index contributed by atoms with van der Waals surface area (Å²) in [6.45, 7) is 5.21. The van der Waals surface area contributed by atoms with Gasteiger partial charge in [-0.3, -0.25) is 9.88 Å². The lowest BCUT2D eigenvalue weighted by molar-refractivity contribution is 0.312. The van der Waals surface area contributed by atoms with E-state index in [9.17, 15) is 0 Å². The fourth-order valence-electron chi connectivity index (χ4n) is 1.86. The van der Waals surface area contributed by atoms with Crippen molar-refractivity contribution in [3.8, 4) is 0 Å². The number of likely N-dealkylation sites (tertiary alicyclic amines) is 1. The van der Waals surface area contributed by atoms with E-state index in [1.54, 1.807) is 0 Å². The minimum atomic E-state index is 0.561. The van der Waals surface area contributed by atoms with Crippen LogP contribution < -0.4 is 0 Å². The summed E-state index contributed by atoms with van der Waals surface area (Å²) in [4.78, 5) is 6.75. The predicted molar refractivity (Wildman–Crippen MR) is 60.2 cm³/mol. The van der Waals surface area contributed by atoms with Crippen molar-refractivity contribution in [3.63, 3.8) is 0 Å². The van der Waals surface area contributed by atoms with Crippen LogP contribution in [-0.4, -0.2) is 23.5 Å². The molecule has 0 amide bonds. The van der Waals surface area contributed by atoms with Crippen LogP contribution in [0.4, 0.5) is 0 Å². The van der Waals surface area contributed by atoms with Crippen LogP contribution in [0.3, 0.4) is 0 Å². The Morgan fingerprint density at radius 2 is 2.14 bits per heavy atom. The molecule has 1 fully saturated rings. The third-order valence-electron chi connectivity index (χ3n) is 2.55.